The van der Waals surface area contributed by atoms with Gasteiger partial charge in [-0.3, -0.25) is 0 Å². The first-order chi connectivity index (χ1) is 23.2. The standard InChI is InChI=1S/C35H54O14/c1-33-8-5-18(47-32-30(43)28(41)26(39)23(49-32)15-46-31-29(42)27(40)25(38)22(13-36)48-31)12-17(33)3-4-21-20(33)6-9-34(2)19(7-10-35(21,34)44)16-11-24(37)45-14-16/h11,17-23,25-32,36,38-44H,3-10,12-15H2,1-2H3/t17-,18-,19+,20+,21+,22-,23-,25-,26-,27+,28+,29-,30-,31-,32-,33-,34+,35-/m0/s1. The molecule has 0 amide bonds. The van der Waals surface area contributed by atoms with Gasteiger partial charge in [-0.25, -0.2) is 4.79 Å². The van der Waals surface area contributed by atoms with Crippen LogP contribution < -0.4 is 0 Å². The van der Waals surface area contributed by atoms with E-state index in [1.54, 1.807) is 6.08 Å². The number of hydrogen-bond acceptors (Lipinski definition) is 14. The molecule has 0 aromatic rings. The van der Waals surface area contributed by atoms with Crippen LogP contribution >= 0.6 is 0 Å². The summed E-state index contributed by atoms with van der Waals surface area (Å²) in [6, 6.07) is 0. The molecule has 0 aromatic carbocycles. The number of aliphatic hydroxyl groups excluding tert-OH is 7. The molecule has 6 fully saturated rings. The zero-order valence-electron chi connectivity index (χ0n) is 28.3. The van der Waals surface area contributed by atoms with Crippen LogP contribution in [0, 0.1) is 34.5 Å². The van der Waals surface area contributed by atoms with Gasteiger partial charge in [0.15, 0.2) is 12.6 Å². The molecule has 0 unspecified atom stereocenters. The maximum absolute atomic E-state index is 12.5. The van der Waals surface area contributed by atoms with Gasteiger partial charge in [0.1, 0.15) is 55.4 Å². The topological polar surface area (TPSA) is 225 Å². The van der Waals surface area contributed by atoms with Crippen LogP contribution in [0.3, 0.4) is 0 Å². The van der Waals surface area contributed by atoms with E-state index in [-0.39, 0.29) is 34.7 Å². The summed E-state index contributed by atoms with van der Waals surface area (Å²) in [6.45, 7) is 3.85. The van der Waals surface area contributed by atoms with Crippen molar-refractivity contribution in [2.24, 2.45) is 34.5 Å². The Hall–Kier alpha value is -1.27. The second-order valence-electron chi connectivity index (χ2n) is 16.4. The third kappa shape index (κ3) is 5.82. The van der Waals surface area contributed by atoms with Gasteiger partial charge in [0.05, 0.1) is 24.9 Å². The number of rotatable bonds is 7. The molecule has 2 saturated heterocycles. The van der Waals surface area contributed by atoms with Crippen LogP contribution in [0.1, 0.15) is 71.6 Å². The Labute approximate surface area is 285 Å². The Bertz CT molecular complexity index is 1260. The fraction of sp³-hybridized carbons (Fsp3) is 0.914. The molecule has 7 rings (SSSR count). The lowest BCUT2D eigenvalue weighted by molar-refractivity contribution is -0.338. The molecule has 14 nitrogen and oxygen atoms in total. The average molecular weight is 699 g/mol. The average Bonchev–Trinajstić information content (AvgIpc) is 3.63. The zero-order valence-corrected chi connectivity index (χ0v) is 28.3. The summed E-state index contributed by atoms with van der Waals surface area (Å²) in [7, 11) is 0. The first-order valence-corrected chi connectivity index (χ1v) is 18.1. The smallest absolute Gasteiger partial charge is 0.331 e. The number of carbonyl (C=O) groups excluding carboxylic acids is 1. The highest BCUT2D eigenvalue weighted by Gasteiger charge is 2.68. The van der Waals surface area contributed by atoms with E-state index in [1.807, 2.05) is 0 Å². The highest BCUT2D eigenvalue weighted by atomic mass is 16.7. The zero-order chi connectivity index (χ0) is 35.0. The lowest BCUT2D eigenvalue weighted by Crippen LogP contribution is -2.63. The van der Waals surface area contributed by atoms with Crippen LogP contribution in [0.2, 0.25) is 0 Å². The molecule has 7 aliphatic rings. The molecule has 0 spiro atoms. The summed E-state index contributed by atoms with van der Waals surface area (Å²) in [5.41, 5.74) is -0.0991. The van der Waals surface area contributed by atoms with Gasteiger partial charge in [0.2, 0.25) is 0 Å². The minimum absolute atomic E-state index is 0.00679. The fourth-order valence-corrected chi connectivity index (χ4v) is 11.2. The van der Waals surface area contributed by atoms with Crippen molar-refractivity contribution in [3.63, 3.8) is 0 Å². The van der Waals surface area contributed by atoms with Crippen molar-refractivity contribution in [2.75, 3.05) is 19.8 Å². The summed E-state index contributed by atoms with van der Waals surface area (Å²) in [4.78, 5) is 11.9. The van der Waals surface area contributed by atoms with Crippen molar-refractivity contribution in [3.05, 3.63) is 11.6 Å². The highest BCUT2D eigenvalue weighted by Crippen LogP contribution is 2.70. The maximum atomic E-state index is 12.5. The Morgan fingerprint density at radius 3 is 2.18 bits per heavy atom. The Balaban J connectivity index is 0.982. The minimum atomic E-state index is -1.65. The third-order valence-electron chi connectivity index (χ3n) is 14.2. The van der Waals surface area contributed by atoms with Gasteiger partial charge in [-0.15, -0.1) is 0 Å². The summed E-state index contributed by atoms with van der Waals surface area (Å²) >= 11 is 0. The van der Waals surface area contributed by atoms with Crippen molar-refractivity contribution in [2.45, 2.75) is 145 Å². The van der Waals surface area contributed by atoms with E-state index < -0.39 is 80.2 Å². The lowest BCUT2D eigenvalue weighted by Gasteiger charge is -2.64. The van der Waals surface area contributed by atoms with Crippen molar-refractivity contribution >= 4 is 5.97 Å². The number of fused-ring (bicyclic) bond motifs is 5. The first-order valence-electron chi connectivity index (χ1n) is 18.1. The van der Waals surface area contributed by atoms with Crippen molar-refractivity contribution < 1.29 is 69.3 Å². The molecule has 4 saturated carbocycles. The van der Waals surface area contributed by atoms with Crippen molar-refractivity contribution in [1.82, 2.24) is 0 Å². The van der Waals surface area contributed by atoms with Crippen molar-refractivity contribution in [3.8, 4) is 0 Å². The fourth-order valence-electron chi connectivity index (χ4n) is 11.2. The van der Waals surface area contributed by atoms with Gasteiger partial charge in [-0.1, -0.05) is 13.8 Å². The number of hydrogen-bond donors (Lipinski definition) is 8. The van der Waals surface area contributed by atoms with Gasteiger partial charge in [0.25, 0.3) is 0 Å². The van der Waals surface area contributed by atoms with Gasteiger partial charge in [-0.05, 0) is 92.4 Å². The van der Waals surface area contributed by atoms with Gasteiger partial charge in [0, 0.05) is 11.5 Å². The molecule has 0 bridgehead atoms. The van der Waals surface area contributed by atoms with Crippen LogP contribution in [-0.4, -0.2) is 140 Å². The quantitative estimate of drug-likeness (QED) is 0.121. The van der Waals surface area contributed by atoms with E-state index in [9.17, 15) is 45.6 Å². The van der Waals surface area contributed by atoms with E-state index in [2.05, 4.69) is 13.8 Å². The Kier molecular flexibility index (Phi) is 9.80. The Morgan fingerprint density at radius 2 is 1.49 bits per heavy atom. The minimum Gasteiger partial charge on any atom is -0.458 e. The van der Waals surface area contributed by atoms with E-state index in [4.69, 9.17) is 23.7 Å². The first kappa shape index (κ1) is 36.1. The van der Waals surface area contributed by atoms with Crippen molar-refractivity contribution in [1.29, 1.82) is 0 Å². The van der Waals surface area contributed by atoms with E-state index in [0.717, 1.165) is 56.9 Å². The second-order valence-corrected chi connectivity index (χ2v) is 16.4. The van der Waals surface area contributed by atoms with Crippen LogP contribution in [0.15, 0.2) is 11.6 Å². The molecule has 3 aliphatic heterocycles. The predicted octanol–water partition coefficient (Wildman–Crippen LogP) is -0.747. The molecule has 8 N–H and O–H groups in total. The third-order valence-corrected chi connectivity index (χ3v) is 14.2. The molecular weight excluding hydrogens is 644 g/mol. The van der Waals surface area contributed by atoms with Gasteiger partial charge in [-0.2, -0.15) is 0 Å². The number of carbonyl (C=O) groups is 1. The summed E-state index contributed by atoms with van der Waals surface area (Å²) < 4.78 is 28.4. The summed E-state index contributed by atoms with van der Waals surface area (Å²) in [5, 5.41) is 84.5. The van der Waals surface area contributed by atoms with Gasteiger partial charge >= 0.3 is 5.97 Å². The molecule has 14 heteroatoms. The largest absolute Gasteiger partial charge is 0.458 e. The number of cyclic esters (lactones) is 1. The molecular formula is C35H54O14. The molecule has 18 atom stereocenters. The van der Waals surface area contributed by atoms with Gasteiger partial charge < -0.3 is 64.5 Å². The van der Waals surface area contributed by atoms with E-state index in [0.29, 0.717) is 24.9 Å². The van der Waals surface area contributed by atoms with Crippen LogP contribution in [0.25, 0.3) is 0 Å². The SMILES string of the molecule is C[C@]12CC[C@H](O[C@H]3O[C@@H](CO[C@H]4O[C@@H](CO)[C@H](O)[C@@H](O)[C@@H]4O)[C@H](O)[C@@H](O)[C@@H]3O)C[C@@H]1CC[C@@H]1[C@H]2CC[C@]2(C)[C@@H](C3=CC(=O)OC3)CC[C@]12O. The maximum Gasteiger partial charge on any atom is 0.331 e. The summed E-state index contributed by atoms with van der Waals surface area (Å²) in [5.74, 6) is 0.683. The predicted molar refractivity (Wildman–Crippen MR) is 167 cm³/mol. The Morgan fingerprint density at radius 1 is 0.796 bits per heavy atom. The second kappa shape index (κ2) is 13.3. The monoisotopic (exact) mass is 698 g/mol. The van der Waals surface area contributed by atoms with E-state index in [1.165, 1.54) is 0 Å². The number of ether oxygens (including phenoxy) is 5. The molecule has 4 aliphatic carbocycles. The normalized spacial score (nSPS) is 54.4. The van der Waals surface area contributed by atoms with Crippen LogP contribution in [-0.2, 0) is 28.5 Å². The summed E-state index contributed by atoms with van der Waals surface area (Å²) in [6.07, 6.45) is -5.68. The van der Waals surface area contributed by atoms with Crippen LogP contribution in [0.5, 0.6) is 0 Å². The van der Waals surface area contributed by atoms with E-state index >= 15 is 0 Å². The molecule has 0 aromatic heterocycles. The number of esters is 1. The molecule has 49 heavy (non-hydrogen) atoms. The molecule has 278 valence electrons. The highest BCUT2D eigenvalue weighted by molar-refractivity contribution is 5.85. The molecule has 0 radical (unpaired) electrons. The lowest BCUT2D eigenvalue weighted by atomic mass is 9.43. The van der Waals surface area contributed by atoms with Crippen LogP contribution in [0.4, 0.5) is 0 Å². The number of aliphatic hydroxyl groups is 8. The molecule has 3 heterocycles.